The second kappa shape index (κ2) is 6.03. The Balaban J connectivity index is 3.04. The third kappa shape index (κ3) is 2.92. The van der Waals surface area contributed by atoms with Crippen molar-refractivity contribution >= 4 is 5.97 Å². The van der Waals surface area contributed by atoms with Crippen LogP contribution in [0.3, 0.4) is 0 Å². The van der Waals surface area contributed by atoms with E-state index in [9.17, 15) is 4.79 Å². The lowest BCUT2D eigenvalue weighted by Crippen LogP contribution is -2.33. The average Bonchev–Trinajstić information content (AvgIpc) is 2.38. The summed E-state index contributed by atoms with van der Waals surface area (Å²) in [7, 11) is 0. The molecule has 0 spiro atoms. The Morgan fingerprint density at radius 3 is 2.17 bits per heavy atom. The number of benzene rings is 1. The molecule has 0 aromatic heterocycles. The highest BCUT2D eigenvalue weighted by Gasteiger charge is 2.34. The number of hydrogen-bond acceptors (Lipinski definition) is 2. The second-order valence-corrected chi connectivity index (χ2v) is 5.18. The number of hydrogen-bond donors (Lipinski definition) is 0. The molecule has 0 radical (unpaired) electrons. The van der Waals surface area contributed by atoms with E-state index in [1.54, 1.807) is 0 Å². The van der Waals surface area contributed by atoms with Crippen molar-refractivity contribution in [3.63, 3.8) is 0 Å². The molecule has 1 atom stereocenters. The van der Waals surface area contributed by atoms with Crippen molar-refractivity contribution in [2.24, 2.45) is 0 Å². The molecular formula is C16H24O2. The molecule has 2 nitrogen and oxygen atoms in total. The van der Waals surface area contributed by atoms with Crippen molar-refractivity contribution in [1.29, 1.82) is 0 Å². The third-order valence-electron chi connectivity index (χ3n) is 3.65. The molecule has 1 aromatic rings. The van der Waals surface area contributed by atoms with E-state index in [0.717, 1.165) is 12.0 Å². The highest BCUT2D eigenvalue weighted by Crippen LogP contribution is 2.30. The van der Waals surface area contributed by atoms with Gasteiger partial charge >= 0.3 is 5.97 Å². The van der Waals surface area contributed by atoms with Crippen molar-refractivity contribution in [2.75, 3.05) is 6.61 Å². The van der Waals surface area contributed by atoms with Gasteiger partial charge in [0.05, 0.1) is 12.0 Å². The van der Waals surface area contributed by atoms with Gasteiger partial charge in [-0.3, -0.25) is 4.79 Å². The van der Waals surface area contributed by atoms with Gasteiger partial charge < -0.3 is 4.74 Å². The summed E-state index contributed by atoms with van der Waals surface area (Å²) in [6.45, 7) is 10.6. The first kappa shape index (κ1) is 14.7. The minimum atomic E-state index is -0.536. The Labute approximate surface area is 110 Å². The summed E-state index contributed by atoms with van der Waals surface area (Å²) in [5.41, 5.74) is 1.79. The summed E-state index contributed by atoms with van der Waals surface area (Å²) in [5, 5.41) is 0. The molecular weight excluding hydrogens is 224 g/mol. The molecule has 0 fully saturated rings. The largest absolute Gasteiger partial charge is 0.465 e. The van der Waals surface area contributed by atoms with E-state index in [-0.39, 0.29) is 5.97 Å². The van der Waals surface area contributed by atoms with Crippen LogP contribution in [0.1, 0.15) is 58.1 Å². The van der Waals surface area contributed by atoms with Crippen LogP contribution < -0.4 is 0 Å². The van der Waals surface area contributed by atoms with E-state index in [1.807, 2.05) is 20.8 Å². The third-order valence-corrected chi connectivity index (χ3v) is 3.65. The number of carbonyl (C=O) groups is 1. The zero-order valence-corrected chi connectivity index (χ0v) is 12.1. The Morgan fingerprint density at radius 1 is 1.22 bits per heavy atom. The van der Waals surface area contributed by atoms with E-state index < -0.39 is 5.41 Å². The predicted octanol–water partition coefficient (Wildman–Crippen LogP) is 4.04. The second-order valence-electron chi connectivity index (χ2n) is 5.18. The fourth-order valence-corrected chi connectivity index (χ4v) is 1.99. The first-order chi connectivity index (χ1) is 8.45. The van der Waals surface area contributed by atoms with Crippen molar-refractivity contribution in [2.45, 2.75) is 52.4 Å². The molecule has 0 heterocycles. The first-order valence-corrected chi connectivity index (χ1v) is 6.73. The van der Waals surface area contributed by atoms with Crippen molar-refractivity contribution in [3.8, 4) is 0 Å². The molecule has 1 rings (SSSR count). The van der Waals surface area contributed by atoms with E-state index in [0.29, 0.717) is 12.5 Å². The van der Waals surface area contributed by atoms with Crippen LogP contribution in [-0.4, -0.2) is 12.6 Å². The maximum absolute atomic E-state index is 12.1. The van der Waals surface area contributed by atoms with Gasteiger partial charge in [-0.2, -0.15) is 0 Å². The minimum Gasteiger partial charge on any atom is -0.465 e. The van der Waals surface area contributed by atoms with Crippen LogP contribution in [0.4, 0.5) is 0 Å². The standard InChI is InChI=1S/C16H24O2/c1-6-16(5,15(17)18-7-2)14-10-8-13(9-11-14)12(3)4/h8-12H,6-7H2,1-5H3. The van der Waals surface area contributed by atoms with Crippen molar-refractivity contribution < 1.29 is 9.53 Å². The van der Waals surface area contributed by atoms with Crippen LogP contribution in [0.15, 0.2) is 24.3 Å². The van der Waals surface area contributed by atoms with Gasteiger partial charge in [0.2, 0.25) is 0 Å². The van der Waals surface area contributed by atoms with Gasteiger partial charge in [-0.25, -0.2) is 0 Å². The molecule has 1 aromatic carbocycles. The van der Waals surface area contributed by atoms with Crippen LogP contribution in [0.5, 0.6) is 0 Å². The fourth-order valence-electron chi connectivity index (χ4n) is 1.99. The van der Waals surface area contributed by atoms with Gasteiger partial charge in [0.15, 0.2) is 0 Å². The smallest absolute Gasteiger partial charge is 0.316 e. The minimum absolute atomic E-state index is 0.134. The first-order valence-electron chi connectivity index (χ1n) is 6.73. The van der Waals surface area contributed by atoms with Crippen LogP contribution in [0.25, 0.3) is 0 Å². The lowest BCUT2D eigenvalue weighted by Gasteiger charge is -2.26. The fraction of sp³-hybridized carbons (Fsp3) is 0.562. The Bertz CT molecular complexity index is 392. The van der Waals surface area contributed by atoms with Gasteiger partial charge in [-0.1, -0.05) is 45.0 Å². The molecule has 0 aliphatic rings. The van der Waals surface area contributed by atoms with Gasteiger partial charge in [-0.05, 0) is 37.3 Å². The lowest BCUT2D eigenvalue weighted by molar-refractivity contribution is -0.149. The topological polar surface area (TPSA) is 26.3 Å². The van der Waals surface area contributed by atoms with Gasteiger partial charge in [0.25, 0.3) is 0 Å². The van der Waals surface area contributed by atoms with E-state index >= 15 is 0 Å². The van der Waals surface area contributed by atoms with Crippen LogP contribution in [0, 0.1) is 0 Å². The number of carbonyl (C=O) groups excluding carboxylic acids is 1. The van der Waals surface area contributed by atoms with E-state index in [1.165, 1.54) is 5.56 Å². The molecule has 0 aliphatic heterocycles. The molecule has 0 aliphatic carbocycles. The van der Waals surface area contributed by atoms with Crippen molar-refractivity contribution in [3.05, 3.63) is 35.4 Å². The highest BCUT2D eigenvalue weighted by atomic mass is 16.5. The number of rotatable bonds is 5. The SMILES string of the molecule is CCOC(=O)C(C)(CC)c1ccc(C(C)C)cc1. The van der Waals surface area contributed by atoms with Crippen molar-refractivity contribution in [1.82, 2.24) is 0 Å². The molecule has 18 heavy (non-hydrogen) atoms. The summed E-state index contributed by atoms with van der Waals surface area (Å²) in [5.74, 6) is 0.374. The number of ether oxygens (including phenoxy) is 1. The van der Waals surface area contributed by atoms with Gasteiger partial charge in [0.1, 0.15) is 0 Å². The van der Waals surface area contributed by atoms with Crippen LogP contribution >= 0.6 is 0 Å². The number of esters is 1. The molecule has 100 valence electrons. The van der Waals surface area contributed by atoms with Crippen LogP contribution in [-0.2, 0) is 14.9 Å². The Morgan fingerprint density at radius 2 is 1.78 bits per heavy atom. The molecule has 0 saturated heterocycles. The van der Waals surface area contributed by atoms with E-state index in [2.05, 4.69) is 38.1 Å². The molecule has 0 bridgehead atoms. The summed E-state index contributed by atoms with van der Waals surface area (Å²) in [6.07, 6.45) is 0.743. The summed E-state index contributed by atoms with van der Waals surface area (Å²) in [4.78, 5) is 12.1. The maximum atomic E-state index is 12.1. The van der Waals surface area contributed by atoms with Gasteiger partial charge in [-0.15, -0.1) is 0 Å². The zero-order valence-electron chi connectivity index (χ0n) is 12.1. The molecule has 0 N–H and O–H groups in total. The monoisotopic (exact) mass is 248 g/mol. The quantitative estimate of drug-likeness (QED) is 0.735. The normalized spacial score (nSPS) is 14.3. The molecule has 0 saturated carbocycles. The summed E-state index contributed by atoms with van der Waals surface area (Å²) in [6, 6.07) is 8.31. The Kier molecular flexibility index (Phi) is 4.94. The molecule has 0 amide bonds. The molecule has 1 unspecified atom stereocenters. The lowest BCUT2D eigenvalue weighted by atomic mass is 9.79. The van der Waals surface area contributed by atoms with E-state index in [4.69, 9.17) is 4.74 Å². The zero-order chi connectivity index (χ0) is 13.8. The molecule has 2 heteroatoms. The Hall–Kier alpha value is -1.31. The predicted molar refractivity (Wildman–Crippen MR) is 74.8 cm³/mol. The maximum Gasteiger partial charge on any atom is 0.316 e. The summed E-state index contributed by atoms with van der Waals surface area (Å²) < 4.78 is 5.19. The average molecular weight is 248 g/mol. The highest BCUT2D eigenvalue weighted by molar-refractivity contribution is 5.82. The summed E-state index contributed by atoms with van der Waals surface area (Å²) >= 11 is 0. The van der Waals surface area contributed by atoms with Gasteiger partial charge in [0, 0.05) is 0 Å². The van der Waals surface area contributed by atoms with Crippen LogP contribution in [0.2, 0.25) is 0 Å².